The second-order valence-corrected chi connectivity index (χ2v) is 9.31. The van der Waals surface area contributed by atoms with Crippen molar-refractivity contribution in [1.29, 1.82) is 0 Å². The molecule has 0 spiro atoms. The summed E-state index contributed by atoms with van der Waals surface area (Å²) in [7, 11) is 1.58. The number of amides is 1. The third-order valence-corrected chi connectivity index (χ3v) is 6.59. The topological polar surface area (TPSA) is 107 Å². The monoisotopic (exact) mass is 547 g/mol. The smallest absolute Gasteiger partial charge is 0.299 e. The van der Waals surface area contributed by atoms with E-state index in [9.17, 15) is 9.59 Å². The zero-order valence-electron chi connectivity index (χ0n) is 22.9. The number of carbonyl (C=O) groups excluding carboxylic acids is 1. The molecule has 0 aliphatic heterocycles. The Hall–Kier alpha value is -5.44. The first-order valence-corrected chi connectivity index (χ1v) is 13.0. The molecule has 206 valence electrons. The quantitative estimate of drug-likeness (QED) is 0.243. The molecule has 0 bridgehead atoms. The fourth-order valence-corrected chi connectivity index (χ4v) is 4.15. The molecule has 0 aliphatic carbocycles. The first kappa shape index (κ1) is 27.1. The number of nitrogens with zero attached hydrogens (tertiary/aromatic N) is 3. The summed E-state index contributed by atoms with van der Waals surface area (Å²) >= 11 is 0. The standard InChI is InChI=1S/C32H29N5O4/c1-21-8-6-12-28(22(21)2)41-29-20-35-37(26-13-15-27(40-3)16-14-26)32(39)30(29)36-24-11-7-9-23(18-24)31(38)34-19-25-10-4-5-17-33-25/h4-18,20,36H,19H2,1-3H3,(H,34,38). The number of carbonyl (C=O) groups is 1. The molecule has 0 radical (unpaired) electrons. The molecule has 41 heavy (non-hydrogen) atoms. The van der Waals surface area contributed by atoms with Gasteiger partial charge in [0.05, 0.1) is 31.2 Å². The van der Waals surface area contributed by atoms with E-state index in [0.717, 1.165) is 16.8 Å². The Balaban J connectivity index is 1.48. The number of rotatable bonds is 9. The zero-order valence-corrected chi connectivity index (χ0v) is 22.9. The Morgan fingerprint density at radius 2 is 1.73 bits per heavy atom. The van der Waals surface area contributed by atoms with Gasteiger partial charge in [0.1, 0.15) is 11.5 Å². The summed E-state index contributed by atoms with van der Waals surface area (Å²) in [6.07, 6.45) is 3.18. The second kappa shape index (κ2) is 12.2. The van der Waals surface area contributed by atoms with Crippen molar-refractivity contribution < 1.29 is 14.3 Å². The highest BCUT2D eigenvalue weighted by Gasteiger charge is 2.17. The molecule has 2 heterocycles. The van der Waals surface area contributed by atoms with Crippen LogP contribution in [0.15, 0.2) is 102 Å². The van der Waals surface area contributed by atoms with Crippen LogP contribution in [0.25, 0.3) is 5.69 Å². The maximum Gasteiger partial charge on any atom is 0.299 e. The minimum atomic E-state index is -0.428. The first-order valence-electron chi connectivity index (χ1n) is 13.0. The average molecular weight is 548 g/mol. The molecule has 9 nitrogen and oxygen atoms in total. The van der Waals surface area contributed by atoms with E-state index in [1.807, 2.05) is 50.2 Å². The zero-order chi connectivity index (χ0) is 28.8. The lowest BCUT2D eigenvalue weighted by Crippen LogP contribution is -2.24. The van der Waals surface area contributed by atoms with Crippen LogP contribution in [0.2, 0.25) is 0 Å². The van der Waals surface area contributed by atoms with Gasteiger partial charge >= 0.3 is 0 Å². The van der Waals surface area contributed by atoms with Crippen LogP contribution in [-0.4, -0.2) is 27.8 Å². The minimum absolute atomic E-state index is 0.169. The van der Waals surface area contributed by atoms with Crippen LogP contribution in [0, 0.1) is 13.8 Å². The molecule has 2 N–H and O–H groups in total. The average Bonchev–Trinajstić information content (AvgIpc) is 3.01. The second-order valence-electron chi connectivity index (χ2n) is 9.31. The first-order chi connectivity index (χ1) is 19.9. The molecular weight excluding hydrogens is 518 g/mol. The number of benzene rings is 3. The molecule has 3 aromatic carbocycles. The van der Waals surface area contributed by atoms with E-state index < -0.39 is 5.56 Å². The van der Waals surface area contributed by atoms with Gasteiger partial charge in [-0.05, 0) is 85.6 Å². The molecule has 0 atom stereocenters. The summed E-state index contributed by atoms with van der Waals surface area (Å²) in [5, 5.41) is 10.4. The van der Waals surface area contributed by atoms with Gasteiger partial charge in [-0.15, -0.1) is 0 Å². The van der Waals surface area contributed by atoms with Gasteiger partial charge in [0.25, 0.3) is 11.5 Å². The Morgan fingerprint density at radius 1 is 0.927 bits per heavy atom. The van der Waals surface area contributed by atoms with E-state index in [-0.39, 0.29) is 17.3 Å². The van der Waals surface area contributed by atoms with Crippen LogP contribution >= 0.6 is 0 Å². The maximum atomic E-state index is 13.8. The Bertz CT molecular complexity index is 1730. The number of nitrogens with one attached hydrogen (secondary N) is 2. The van der Waals surface area contributed by atoms with Crippen molar-refractivity contribution in [3.63, 3.8) is 0 Å². The summed E-state index contributed by atoms with van der Waals surface area (Å²) in [6, 6.07) is 25.1. The van der Waals surface area contributed by atoms with Gasteiger partial charge in [0, 0.05) is 17.4 Å². The third-order valence-electron chi connectivity index (χ3n) is 6.59. The molecule has 2 aromatic heterocycles. The number of hydrogen-bond donors (Lipinski definition) is 2. The predicted octanol–water partition coefficient (Wildman–Crippen LogP) is 5.72. The van der Waals surface area contributed by atoms with Gasteiger partial charge < -0.3 is 20.1 Å². The number of anilines is 2. The van der Waals surface area contributed by atoms with Crippen LogP contribution in [0.3, 0.4) is 0 Å². The molecule has 9 heteroatoms. The van der Waals surface area contributed by atoms with Crippen LogP contribution in [-0.2, 0) is 6.54 Å². The van der Waals surface area contributed by atoms with Crippen LogP contribution in [0.1, 0.15) is 27.2 Å². The molecule has 0 fully saturated rings. The number of aryl methyl sites for hydroxylation is 1. The van der Waals surface area contributed by atoms with Crippen molar-refractivity contribution in [1.82, 2.24) is 20.1 Å². The Kier molecular flexibility index (Phi) is 8.05. The van der Waals surface area contributed by atoms with Crippen molar-refractivity contribution in [2.24, 2.45) is 0 Å². The van der Waals surface area contributed by atoms with E-state index >= 15 is 0 Å². The largest absolute Gasteiger partial charge is 0.497 e. The van der Waals surface area contributed by atoms with Gasteiger partial charge in [0.15, 0.2) is 11.4 Å². The lowest BCUT2D eigenvalue weighted by molar-refractivity contribution is 0.0950. The fraction of sp³-hybridized carbons (Fsp3) is 0.125. The Labute approximate surface area is 237 Å². The van der Waals surface area contributed by atoms with Crippen molar-refractivity contribution in [3.8, 4) is 22.9 Å². The minimum Gasteiger partial charge on any atom is -0.497 e. The number of ether oxygens (including phenoxy) is 2. The highest BCUT2D eigenvalue weighted by atomic mass is 16.5. The summed E-state index contributed by atoms with van der Waals surface area (Å²) in [4.78, 5) is 30.9. The predicted molar refractivity (Wildman–Crippen MR) is 158 cm³/mol. The van der Waals surface area contributed by atoms with Gasteiger partial charge in [-0.1, -0.05) is 24.3 Å². The molecule has 0 unspecified atom stereocenters. The summed E-state index contributed by atoms with van der Waals surface area (Å²) in [5.41, 5.74) is 4.01. The summed E-state index contributed by atoms with van der Waals surface area (Å²) in [5.74, 6) is 1.25. The van der Waals surface area contributed by atoms with Crippen molar-refractivity contribution in [2.75, 3.05) is 12.4 Å². The summed E-state index contributed by atoms with van der Waals surface area (Å²) in [6.45, 7) is 4.24. The van der Waals surface area contributed by atoms with E-state index in [1.165, 1.54) is 10.9 Å². The molecular formula is C32H29N5O4. The number of aromatic nitrogens is 3. The van der Waals surface area contributed by atoms with Crippen LogP contribution in [0.5, 0.6) is 17.2 Å². The molecule has 5 rings (SSSR count). The van der Waals surface area contributed by atoms with Gasteiger partial charge in [-0.25, -0.2) is 0 Å². The lowest BCUT2D eigenvalue weighted by atomic mass is 10.1. The van der Waals surface area contributed by atoms with Crippen LogP contribution < -0.4 is 25.7 Å². The molecule has 0 saturated heterocycles. The molecule has 1 amide bonds. The number of methoxy groups -OCH3 is 1. The highest BCUT2D eigenvalue weighted by molar-refractivity contribution is 5.95. The van der Waals surface area contributed by atoms with Crippen LogP contribution in [0.4, 0.5) is 11.4 Å². The number of pyridine rings is 1. The van der Waals surface area contributed by atoms with E-state index in [0.29, 0.717) is 35.0 Å². The van der Waals surface area contributed by atoms with E-state index in [2.05, 4.69) is 20.7 Å². The SMILES string of the molecule is COc1ccc(-n2ncc(Oc3cccc(C)c3C)c(Nc3cccc(C(=O)NCc4ccccn4)c3)c2=O)cc1. The van der Waals surface area contributed by atoms with Gasteiger partial charge in [-0.3, -0.25) is 14.6 Å². The third kappa shape index (κ3) is 6.25. The molecule has 5 aromatic rings. The normalized spacial score (nSPS) is 10.6. The fourth-order valence-electron chi connectivity index (χ4n) is 4.15. The van der Waals surface area contributed by atoms with Gasteiger partial charge in [0.2, 0.25) is 0 Å². The summed E-state index contributed by atoms with van der Waals surface area (Å²) < 4.78 is 12.7. The highest BCUT2D eigenvalue weighted by Crippen LogP contribution is 2.32. The maximum absolute atomic E-state index is 13.8. The Morgan fingerprint density at radius 3 is 2.49 bits per heavy atom. The van der Waals surface area contributed by atoms with E-state index in [4.69, 9.17) is 9.47 Å². The van der Waals surface area contributed by atoms with Crippen molar-refractivity contribution in [2.45, 2.75) is 20.4 Å². The number of hydrogen-bond acceptors (Lipinski definition) is 7. The van der Waals surface area contributed by atoms with Crippen molar-refractivity contribution in [3.05, 3.63) is 130 Å². The molecule has 0 saturated carbocycles. The lowest BCUT2D eigenvalue weighted by Gasteiger charge is -2.16. The van der Waals surface area contributed by atoms with Crippen molar-refractivity contribution >= 4 is 17.3 Å². The molecule has 0 aliphatic rings. The van der Waals surface area contributed by atoms with Gasteiger partial charge in [-0.2, -0.15) is 9.78 Å². The van der Waals surface area contributed by atoms with E-state index in [1.54, 1.807) is 61.8 Å².